The van der Waals surface area contributed by atoms with Crippen molar-refractivity contribution in [3.8, 4) is 0 Å². The van der Waals surface area contributed by atoms with Crippen LogP contribution in [-0.2, 0) is 25.7 Å². The number of pyridine rings is 1. The van der Waals surface area contributed by atoms with Gasteiger partial charge in [-0.05, 0) is 23.8 Å². The maximum Gasteiger partial charge on any atom is 0.352 e. The molecule has 1 aromatic carbocycles. The van der Waals surface area contributed by atoms with E-state index in [0.29, 0.717) is 45.1 Å². The average Bonchev–Trinajstić information content (AvgIpc) is 2.99. The van der Waals surface area contributed by atoms with Crippen molar-refractivity contribution in [2.45, 2.75) is 27.8 Å². The van der Waals surface area contributed by atoms with Gasteiger partial charge in [0.1, 0.15) is 17.1 Å². The summed E-state index contributed by atoms with van der Waals surface area (Å²) in [5.41, 5.74) is 0.623. The predicted molar refractivity (Wildman–Crippen MR) is 164 cm³/mol. The molecule has 0 saturated carbocycles. The molecule has 15 heteroatoms. The van der Waals surface area contributed by atoms with Gasteiger partial charge in [-0.15, -0.1) is 35.3 Å². The smallest absolute Gasteiger partial charge is 0.352 e. The molecule has 3 N–H and O–H groups in total. The molecule has 0 radical (unpaired) electrons. The molecular weight excluding hydrogens is 641 g/mol. The van der Waals surface area contributed by atoms with Crippen molar-refractivity contribution < 1.29 is 28.9 Å². The van der Waals surface area contributed by atoms with E-state index in [4.69, 9.17) is 23.2 Å². The Kier molecular flexibility index (Phi) is 10.3. The van der Waals surface area contributed by atoms with Crippen LogP contribution in [0.2, 0.25) is 10.0 Å². The molecule has 222 valence electrons. The molecule has 2 aromatic rings. The molecule has 10 nitrogen and oxygen atoms in total. The molecule has 2 fully saturated rings. The maximum absolute atomic E-state index is 13.0. The highest BCUT2D eigenvalue weighted by atomic mass is 35.5. The van der Waals surface area contributed by atoms with Crippen molar-refractivity contribution in [1.82, 2.24) is 20.4 Å². The highest BCUT2D eigenvalue weighted by molar-refractivity contribution is 8.01. The van der Waals surface area contributed by atoms with E-state index in [1.807, 2.05) is 34.0 Å². The summed E-state index contributed by atoms with van der Waals surface area (Å²) in [6.07, 6.45) is 3.68. The molecule has 5 rings (SSSR count). The van der Waals surface area contributed by atoms with Gasteiger partial charge in [0.25, 0.3) is 11.8 Å². The zero-order chi connectivity index (χ0) is 29.8. The minimum absolute atomic E-state index is 0.0190. The van der Waals surface area contributed by atoms with Crippen LogP contribution in [0.1, 0.15) is 0 Å². The topological polar surface area (TPSA) is 123 Å². The molecule has 2 atom stereocenters. The highest BCUT2D eigenvalue weighted by Gasteiger charge is 2.54. The first-order valence-electron chi connectivity index (χ1n) is 13.1. The number of benzene rings is 1. The number of nitrogens with one attached hydrogen (secondary N) is 2. The van der Waals surface area contributed by atoms with Gasteiger partial charge in [-0.25, -0.2) is 4.79 Å². The Balaban J connectivity index is 1.15. The summed E-state index contributed by atoms with van der Waals surface area (Å²) in [6.45, 7) is 3.28. The number of aromatic nitrogens is 1. The Morgan fingerprint density at radius 3 is 2.57 bits per heavy atom. The number of hydrogen-bond acceptors (Lipinski definition) is 8. The van der Waals surface area contributed by atoms with Gasteiger partial charge >= 0.3 is 5.97 Å². The van der Waals surface area contributed by atoms with Gasteiger partial charge in [-0.3, -0.25) is 19.3 Å². The average molecular weight is 670 g/mol. The number of carboxylic acid groups (broad SMARTS) is 1. The number of carboxylic acids is 1. The first kappa shape index (κ1) is 31.0. The molecule has 3 aliphatic rings. The maximum atomic E-state index is 13.0. The first-order valence-corrected chi connectivity index (χ1v) is 16.9. The number of nitrogens with zero attached hydrogens (tertiary/aromatic N) is 3. The summed E-state index contributed by atoms with van der Waals surface area (Å²) in [5, 5.41) is 16.4. The zero-order valence-electron chi connectivity index (χ0n) is 22.3. The van der Waals surface area contributed by atoms with Crippen molar-refractivity contribution in [1.29, 1.82) is 0 Å². The molecule has 0 spiro atoms. The Morgan fingerprint density at radius 2 is 1.86 bits per heavy atom. The van der Waals surface area contributed by atoms with Crippen molar-refractivity contribution in [2.75, 3.05) is 43.4 Å². The molecule has 2 saturated heterocycles. The summed E-state index contributed by atoms with van der Waals surface area (Å²) >= 11 is 16.3. The minimum atomic E-state index is -1.17. The van der Waals surface area contributed by atoms with E-state index in [1.54, 1.807) is 18.2 Å². The van der Waals surface area contributed by atoms with E-state index in [9.17, 15) is 24.3 Å². The Morgan fingerprint density at radius 1 is 1.12 bits per heavy atom. The van der Waals surface area contributed by atoms with Crippen LogP contribution in [-0.4, -0.2) is 93.5 Å². The van der Waals surface area contributed by atoms with Crippen LogP contribution >= 0.6 is 58.5 Å². The van der Waals surface area contributed by atoms with Crippen LogP contribution < -0.4 is 15.2 Å². The second-order valence-electron chi connectivity index (χ2n) is 9.70. The number of aliphatic carboxylic acids is 1. The van der Waals surface area contributed by atoms with Crippen molar-refractivity contribution >= 4 is 82.2 Å². The predicted octanol–water partition coefficient (Wildman–Crippen LogP) is 2.34. The first-order chi connectivity index (χ1) is 20.2. The van der Waals surface area contributed by atoms with E-state index in [2.05, 4.69) is 10.6 Å². The third-order valence-corrected chi connectivity index (χ3v) is 11.0. The number of piperazine rings is 1. The number of amides is 3. The number of carbonyl (C=O) groups excluding carboxylic acids is 3. The summed E-state index contributed by atoms with van der Waals surface area (Å²) in [5.74, 6) is -1.04. The van der Waals surface area contributed by atoms with Gasteiger partial charge < -0.3 is 20.6 Å². The number of thioether (sulfide) groups is 3. The normalized spacial score (nSPS) is 20.2. The van der Waals surface area contributed by atoms with Gasteiger partial charge in [0.2, 0.25) is 12.5 Å². The Hall–Kier alpha value is -2.42. The van der Waals surface area contributed by atoms with E-state index >= 15 is 0 Å². The minimum Gasteiger partial charge on any atom is -0.477 e. The van der Waals surface area contributed by atoms with Crippen LogP contribution in [0.25, 0.3) is 0 Å². The number of rotatable bonds is 10. The summed E-state index contributed by atoms with van der Waals surface area (Å²) in [4.78, 5) is 55.0. The van der Waals surface area contributed by atoms with E-state index in [1.165, 1.54) is 40.2 Å². The van der Waals surface area contributed by atoms with Gasteiger partial charge in [0, 0.05) is 64.6 Å². The lowest BCUT2D eigenvalue weighted by atomic mass is 10.0. The van der Waals surface area contributed by atoms with E-state index in [0.717, 1.165) is 18.0 Å². The molecule has 1 aromatic heterocycles. The van der Waals surface area contributed by atoms with Gasteiger partial charge in [-0.1, -0.05) is 23.2 Å². The Bertz CT molecular complexity index is 1420. The lowest BCUT2D eigenvalue weighted by Crippen LogP contribution is -2.70. The monoisotopic (exact) mass is 668 g/mol. The van der Waals surface area contributed by atoms with Gasteiger partial charge in [-0.2, -0.15) is 4.57 Å². The summed E-state index contributed by atoms with van der Waals surface area (Å²) in [7, 11) is 0. The third-order valence-electron chi connectivity index (χ3n) is 6.88. The molecule has 42 heavy (non-hydrogen) atoms. The van der Waals surface area contributed by atoms with Crippen LogP contribution in [0.5, 0.6) is 0 Å². The van der Waals surface area contributed by atoms with Crippen molar-refractivity contribution in [3.05, 3.63) is 64.0 Å². The van der Waals surface area contributed by atoms with Crippen molar-refractivity contribution in [3.63, 3.8) is 0 Å². The molecule has 0 unspecified atom stereocenters. The van der Waals surface area contributed by atoms with Crippen LogP contribution in [0, 0.1) is 0 Å². The molecular formula is C27H28Cl2N5O5S3+. The number of halogens is 2. The van der Waals surface area contributed by atoms with Gasteiger partial charge in [0.05, 0.1) is 10.8 Å². The lowest BCUT2D eigenvalue weighted by Gasteiger charge is -2.49. The quantitative estimate of drug-likeness (QED) is 0.199. The lowest BCUT2D eigenvalue weighted by molar-refractivity contribution is -0.685. The molecule has 3 amide bonds. The zero-order valence-corrected chi connectivity index (χ0v) is 26.2. The highest BCUT2D eigenvalue weighted by Crippen LogP contribution is 2.41. The largest absolute Gasteiger partial charge is 0.477 e. The fraction of sp³-hybridized carbons (Fsp3) is 0.370. The molecule has 4 heterocycles. The number of β-lactam (4-membered cyclic amide) rings is 1. The molecule has 3 aliphatic heterocycles. The van der Waals surface area contributed by atoms with Crippen LogP contribution in [0.3, 0.4) is 0 Å². The van der Waals surface area contributed by atoms with E-state index < -0.39 is 23.3 Å². The summed E-state index contributed by atoms with van der Waals surface area (Å²) < 4.78 is 1.83. The SMILES string of the molecule is O=C(CSc1cc(Cl)ccc1Cl)N[C@H]1C(=O)N2C(C(=O)O)=C(CSc3cc[n+](CC(=O)N4CCNCC4)cc3)CS[C@H]12. The fourth-order valence-electron chi connectivity index (χ4n) is 4.73. The molecule has 0 bridgehead atoms. The van der Waals surface area contributed by atoms with Crippen molar-refractivity contribution in [2.24, 2.45) is 0 Å². The van der Waals surface area contributed by atoms with E-state index in [-0.39, 0.29) is 29.8 Å². The third kappa shape index (κ3) is 7.20. The number of carbonyl (C=O) groups is 4. The van der Waals surface area contributed by atoms with Gasteiger partial charge in [0.15, 0.2) is 12.4 Å². The Labute approximate surface area is 265 Å². The second-order valence-corrected chi connectivity index (χ2v) is 13.7. The van der Waals surface area contributed by atoms with Crippen LogP contribution in [0.15, 0.2) is 63.8 Å². The summed E-state index contributed by atoms with van der Waals surface area (Å²) in [6, 6.07) is 7.97. The van der Waals surface area contributed by atoms with Crippen LogP contribution in [0.4, 0.5) is 0 Å². The molecule has 0 aliphatic carbocycles. The second kappa shape index (κ2) is 13.9. The number of hydrogen-bond donors (Lipinski definition) is 3. The standard InChI is InChI=1S/C27H27Cl2N5O5S3/c28-17-1-2-19(29)20(11-17)41-15-21(35)31-23-25(37)34-24(27(38)39)16(14-42-26(23)34)13-40-18-3-7-32(8-4-18)12-22(36)33-9-5-30-6-10-33/h1-4,7-8,11,23,26,30H,5-6,9-10,12-15H2,(H-,31,35,38,39)/p+1/t23-,26+/m0/s1. The number of fused-ring (bicyclic) bond motifs is 1. The fourth-order valence-corrected chi connectivity index (χ4v) is 8.40.